The van der Waals surface area contributed by atoms with Gasteiger partial charge in [-0.2, -0.15) is 0 Å². The molecule has 1 fully saturated rings. The Hall–Kier alpha value is -1.05. The Balaban J connectivity index is 2.13. The van der Waals surface area contributed by atoms with Crippen LogP contribution in [0.25, 0.3) is 0 Å². The van der Waals surface area contributed by atoms with E-state index in [1.807, 2.05) is 0 Å². The van der Waals surface area contributed by atoms with Crippen LogP contribution in [0.5, 0.6) is 0 Å². The predicted molar refractivity (Wildman–Crippen MR) is 75.4 cm³/mol. The second kappa shape index (κ2) is 6.21. The molecule has 2 aliphatic rings. The second-order valence-electron chi connectivity index (χ2n) is 5.77. The summed E-state index contributed by atoms with van der Waals surface area (Å²) in [6.07, 6.45) is 10.2. The molecule has 1 aliphatic carbocycles. The maximum absolute atomic E-state index is 12.5. The number of carbonyl (C=O) groups is 1. The van der Waals surface area contributed by atoms with Crippen LogP contribution in [0.3, 0.4) is 0 Å². The summed E-state index contributed by atoms with van der Waals surface area (Å²) < 4.78 is 0. The van der Waals surface area contributed by atoms with Crippen LogP contribution in [-0.2, 0) is 4.79 Å². The molecule has 0 bridgehead atoms. The van der Waals surface area contributed by atoms with Gasteiger partial charge >= 0.3 is 0 Å². The van der Waals surface area contributed by atoms with Crippen LogP contribution < -0.4 is 0 Å². The summed E-state index contributed by atoms with van der Waals surface area (Å²) >= 11 is 0. The molecule has 0 aromatic carbocycles. The van der Waals surface area contributed by atoms with Gasteiger partial charge in [0.25, 0.3) is 0 Å². The molecule has 18 heavy (non-hydrogen) atoms. The molecule has 0 aromatic rings. The van der Waals surface area contributed by atoms with E-state index in [2.05, 4.69) is 24.8 Å². The van der Waals surface area contributed by atoms with E-state index in [1.54, 1.807) is 0 Å². The van der Waals surface area contributed by atoms with Gasteiger partial charge in [0.05, 0.1) is 0 Å². The minimum atomic E-state index is 0.337. The first-order valence-corrected chi connectivity index (χ1v) is 7.32. The zero-order valence-electron chi connectivity index (χ0n) is 11.8. The molecule has 1 saturated heterocycles. The van der Waals surface area contributed by atoms with Crippen molar-refractivity contribution in [3.8, 4) is 0 Å². The maximum atomic E-state index is 12.5. The molecule has 0 aromatic heterocycles. The summed E-state index contributed by atoms with van der Waals surface area (Å²) in [5, 5.41) is 0. The lowest BCUT2D eigenvalue weighted by Crippen LogP contribution is -2.30. The van der Waals surface area contributed by atoms with E-state index in [0.717, 1.165) is 37.9 Å². The molecule has 1 aliphatic heterocycles. The highest BCUT2D eigenvalue weighted by Crippen LogP contribution is 2.29. The summed E-state index contributed by atoms with van der Waals surface area (Å²) in [4.78, 5) is 14.6. The lowest BCUT2D eigenvalue weighted by molar-refractivity contribution is -0.126. The van der Waals surface area contributed by atoms with Crippen molar-refractivity contribution in [1.29, 1.82) is 0 Å². The van der Waals surface area contributed by atoms with Crippen molar-refractivity contribution in [2.24, 2.45) is 0 Å². The van der Waals surface area contributed by atoms with E-state index >= 15 is 0 Å². The molecule has 0 saturated carbocycles. The van der Waals surface area contributed by atoms with Crippen LogP contribution in [0, 0.1) is 0 Å². The van der Waals surface area contributed by atoms with Gasteiger partial charge in [-0.25, -0.2) is 0 Å². The third-order valence-electron chi connectivity index (χ3n) is 3.99. The van der Waals surface area contributed by atoms with Crippen molar-refractivity contribution < 1.29 is 4.79 Å². The van der Waals surface area contributed by atoms with Gasteiger partial charge in [-0.15, -0.1) is 0 Å². The van der Waals surface area contributed by atoms with Crippen LogP contribution in [-0.4, -0.2) is 23.9 Å². The lowest BCUT2D eigenvalue weighted by Gasteiger charge is -2.23. The molecule has 100 valence electrons. The number of allylic oxidation sites excluding steroid dienone is 3. The molecule has 2 rings (SSSR count). The average molecular weight is 247 g/mol. The summed E-state index contributed by atoms with van der Waals surface area (Å²) in [5.41, 5.74) is 3.89. The molecule has 0 atom stereocenters. The SMILES string of the molecule is CC(C)=CCC1=C(C(=O)N2CCCC2)CCCC1. The average Bonchev–Trinajstić information content (AvgIpc) is 2.89. The largest absolute Gasteiger partial charge is 0.339 e. The van der Waals surface area contributed by atoms with Gasteiger partial charge in [-0.1, -0.05) is 17.2 Å². The lowest BCUT2D eigenvalue weighted by atomic mass is 9.88. The molecule has 0 radical (unpaired) electrons. The zero-order valence-corrected chi connectivity index (χ0v) is 11.8. The highest BCUT2D eigenvalue weighted by Gasteiger charge is 2.25. The van der Waals surface area contributed by atoms with Crippen LogP contribution >= 0.6 is 0 Å². The monoisotopic (exact) mass is 247 g/mol. The number of hydrogen-bond donors (Lipinski definition) is 0. The summed E-state index contributed by atoms with van der Waals surface area (Å²) in [6.45, 7) is 6.20. The third-order valence-corrected chi connectivity index (χ3v) is 3.99. The first-order chi connectivity index (χ1) is 8.68. The number of nitrogens with zero attached hydrogens (tertiary/aromatic N) is 1. The number of hydrogen-bond acceptors (Lipinski definition) is 1. The Bertz CT molecular complexity index is 369. The molecule has 0 N–H and O–H groups in total. The second-order valence-corrected chi connectivity index (χ2v) is 5.77. The maximum Gasteiger partial charge on any atom is 0.249 e. The van der Waals surface area contributed by atoms with E-state index in [1.165, 1.54) is 36.8 Å². The van der Waals surface area contributed by atoms with Gasteiger partial charge in [0.15, 0.2) is 0 Å². The van der Waals surface area contributed by atoms with Crippen molar-refractivity contribution >= 4 is 5.91 Å². The Labute approximate surface area is 111 Å². The number of carbonyl (C=O) groups excluding carboxylic acids is 1. The van der Waals surface area contributed by atoms with E-state index in [9.17, 15) is 4.79 Å². The fourth-order valence-electron chi connectivity index (χ4n) is 2.89. The predicted octanol–water partition coefficient (Wildman–Crippen LogP) is 3.84. The molecular formula is C16H25NO. The van der Waals surface area contributed by atoms with Gasteiger partial charge in [0, 0.05) is 18.7 Å². The molecule has 0 unspecified atom stereocenters. The van der Waals surface area contributed by atoms with Crippen molar-refractivity contribution in [2.75, 3.05) is 13.1 Å². The Morgan fingerprint density at radius 2 is 1.78 bits per heavy atom. The van der Waals surface area contributed by atoms with Crippen LogP contribution in [0.4, 0.5) is 0 Å². The van der Waals surface area contributed by atoms with Crippen molar-refractivity contribution in [1.82, 2.24) is 4.90 Å². The third kappa shape index (κ3) is 3.24. The zero-order chi connectivity index (χ0) is 13.0. The Morgan fingerprint density at radius 1 is 1.11 bits per heavy atom. The normalized spacial score (nSPS) is 20.2. The minimum Gasteiger partial charge on any atom is -0.339 e. The van der Waals surface area contributed by atoms with E-state index in [4.69, 9.17) is 0 Å². The standard InChI is InChI=1S/C16H25NO/c1-13(2)9-10-14-7-3-4-8-15(14)16(18)17-11-5-6-12-17/h9H,3-8,10-12H2,1-2H3. The van der Waals surface area contributed by atoms with Crippen molar-refractivity contribution in [3.63, 3.8) is 0 Å². The number of likely N-dealkylation sites (tertiary alicyclic amines) is 1. The summed E-state index contributed by atoms with van der Waals surface area (Å²) in [5.74, 6) is 0.337. The molecular weight excluding hydrogens is 222 g/mol. The van der Waals surface area contributed by atoms with Gasteiger partial charge in [0.2, 0.25) is 5.91 Å². The van der Waals surface area contributed by atoms with Crippen LogP contribution in [0.1, 0.15) is 58.8 Å². The Morgan fingerprint density at radius 3 is 2.44 bits per heavy atom. The van der Waals surface area contributed by atoms with Gasteiger partial charge in [-0.05, 0) is 58.8 Å². The number of rotatable bonds is 3. The molecule has 2 nitrogen and oxygen atoms in total. The van der Waals surface area contributed by atoms with Gasteiger partial charge in [0.1, 0.15) is 0 Å². The first kappa shape index (κ1) is 13.4. The van der Waals surface area contributed by atoms with Crippen molar-refractivity contribution in [2.45, 2.75) is 58.8 Å². The smallest absolute Gasteiger partial charge is 0.249 e. The fourth-order valence-corrected chi connectivity index (χ4v) is 2.89. The topological polar surface area (TPSA) is 20.3 Å². The Kier molecular flexibility index (Phi) is 4.62. The molecule has 1 heterocycles. The molecule has 0 spiro atoms. The number of amides is 1. The van der Waals surface area contributed by atoms with E-state index < -0.39 is 0 Å². The van der Waals surface area contributed by atoms with E-state index in [-0.39, 0.29) is 0 Å². The summed E-state index contributed by atoms with van der Waals surface area (Å²) in [6, 6.07) is 0. The van der Waals surface area contributed by atoms with Crippen LogP contribution in [0.2, 0.25) is 0 Å². The highest BCUT2D eigenvalue weighted by molar-refractivity contribution is 5.94. The highest BCUT2D eigenvalue weighted by atomic mass is 16.2. The first-order valence-electron chi connectivity index (χ1n) is 7.32. The van der Waals surface area contributed by atoms with Gasteiger partial charge < -0.3 is 4.90 Å². The quantitative estimate of drug-likeness (QED) is 0.694. The fraction of sp³-hybridized carbons (Fsp3) is 0.688. The molecule has 2 heteroatoms. The van der Waals surface area contributed by atoms with E-state index in [0.29, 0.717) is 5.91 Å². The van der Waals surface area contributed by atoms with Crippen molar-refractivity contribution in [3.05, 3.63) is 22.8 Å². The summed E-state index contributed by atoms with van der Waals surface area (Å²) in [7, 11) is 0. The molecule has 1 amide bonds. The minimum absolute atomic E-state index is 0.337. The van der Waals surface area contributed by atoms with Gasteiger partial charge in [-0.3, -0.25) is 4.79 Å². The van der Waals surface area contributed by atoms with Crippen LogP contribution in [0.15, 0.2) is 22.8 Å².